The molecule has 0 rings (SSSR count). The van der Waals surface area contributed by atoms with Gasteiger partial charge in [-0.05, 0) is 26.2 Å². The van der Waals surface area contributed by atoms with E-state index in [-0.39, 0.29) is 0 Å². The van der Waals surface area contributed by atoms with Gasteiger partial charge in [0.15, 0.2) is 0 Å². The zero-order valence-electron chi connectivity index (χ0n) is 7.57. The molecule has 68 valence electrons. The van der Waals surface area contributed by atoms with Gasteiger partial charge in [0.05, 0.1) is 5.60 Å². The van der Waals surface area contributed by atoms with Crippen LogP contribution in [0.1, 0.15) is 46.0 Å². The number of unbranched alkanes of at least 4 members (excludes halogenated alkanes) is 2. The molecule has 0 aliphatic rings. The van der Waals surface area contributed by atoms with Gasteiger partial charge in [-0.1, -0.05) is 35.7 Å². The second-order valence-corrected chi connectivity index (χ2v) is 4.14. The molecule has 2 heteroatoms. The molecule has 11 heavy (non-hydrogen) atoms. The molecule has 0 bridgehead atoms. The zero-order valence-corrected chi connectivity index (χ0v) is 9.15. The molecule has 0 fully saturated rings. The summed E-state index contributed by atoms with van der Waals surface area (Å²) in [6.45, 7) is 3.95. The quantitative estimate of drug-likeness (QED) is 0.541. The average molecular weight is 223 g/mol. The summed E-state index contributed by atoms with van der Waals surface area (Å²) in [6, 6.07) is 0. The lowest BCUT2D eigenvalue weighted by Gasteiger charge is -2.20. The van der Waals surface area contributed by atoms with Crippen LogP contribution >= 0.6 is 15.9 Å². The Morgan fingerprint density at radius 3 is 2.36 bits per heavy atom. The minimum Gasteiger partial charge on any atom is -0.390 e. The standard InChI is InChI=1S/C9H19BrO/c1-3-9(2,11)7-5-4-6-8-10/h11H,3-8H2,1-2H3. The van der Waals surface area contributed by atoms with Crippen LogP contribution in [0.5, 0.6) is 0 Å². The van der Waals surface area contributed by atoms with Crippen molar-refractivity contribution in [2.75, 3.05) is 5.33 Å². The van der Waals surface area contributed by atoms with Crippen LogP contribution in [0.2, 0.25) is 0 Å². The smallest absolute Gasteiger partial charge is 0.0617 e. The summed E-state index contributed by atoms with van der Waals surface area (Å²) < 4.78 is 0. The first-order valence-electron chi connectivity index (χ1n) is 4.41. The van der Waals surface area contributed by atoms with E-state index in [1.165, 1.54) is 12.8 Å². The van der Waals surface area contributed by atoms with Gasteiger partial charge in [-0.2, -0.15) is 0 Å². The normalized spacial score (nSPS) is 16.4. The third kappa shape index (κ3) is 6.82. The third-order valence-corrected chi connectivity index (χ3v) is 2.67. The zero-order chi connectivity index (χ0) is 8.74. The number of hydrogen-bond donors (Lipinski definition) is 1. The fourth-order valence-corrected chi connectivity index (χ4v) is 1.35. The topological polar surface area (TPSA) is 20.2 Å². The maximum atomic E-state index is 9.61. The minimum absolute atomic E-state index is 0.424. The Labute approximate surface area is 78.3 Å². The number of hydrogen-bond acceptors (Lipinski definition) is 1. The molecule has 1 N–H and O–H groups in total. The highest BCUT2D eigenvalue weighted by Gasteiger charge is 2.15. The van der Waals surface area contributed by atoms with Gasteiger partial charge in [-0.25, -0.2) is 0 Å². The highest BCUT2D eigenvalue weighted by atomic mass is 79.9. The van der Waals surface area contributed by atoms with E-state index in [0.29, 0.717) is 0 Å². The lowest BCUT2D eigenvalue weighted by Crippen LogP contribution is -2.22. The van der Waals surface area contributed by atoms with Crippen LogP contribution in [-0.4, -0.2) is 16.0 Å². The van der Waals surface area contributed by atoms with Crippen LogP contribution in [0.3, 0.4) is 0 Å². The molecule has 0 saturated carbocycles. The average Bonchev–Trinajstić information content (AvgIpc) is 1.99. The highest BCUT2D eigenvalue weighted by molar-refractivity contribution is 9.09. The minimum atomic E-state index is -0.424. The number of alkyl halides is 1. The Bertz CT molecular complexity index is 91.6. The first-order chi connectivity index (χ1) is 5.12. The van der Waals surface area contributed by atoms with Gasteiger partial charge in [0.2, 0.25) is 0 Å². The van der Waals surface area contributed by atoms with E-state index >= 15 is 0 Å². The molecule has 0 aromatic heterocycles. The van der Waals surface area contributed by atoms with Crippen molar-refractivity contribution in [3.05, 3.63) is 0 Å². The number of aliphatic hydroxyl groups is 1. The van der Waals surface area contributed by atoms with Crippen molar-refractivity contribution in [1.29, 1.82) is 0 Å². The maximum absolute atomic E-state index is 9.61. The van der Waals surface area contributed by atoms with Gasteiger partial charge in [0, 0.05) is 5.33 Å². The number of halogens is 1. The lowest BCUT2D eigenvalue weighted by atomic mass is 9.96. The van der Waals surface area contributed by atoms with Crippen LogP contribution in [-0.2, 0) is 0 Å². The predicted octanol–water partition coefficient (Wildman–Crippen LogP) is 3.10. The fraction of sp³-hybridized carbons (Fsp3) is 1.00. The van der Waals surface area contributed by atoms with Crippen LogP contribution in [0.15, 0.2) is 0 Å². The van der Waals surface area contributed by atoms with Crippen molar-refractivity contribution >= 4 is 15.9 Å². The van der Waals surface area contributed by atoms with Crippen molar-refractivity contribution in [3.63, 3.8) is 0 Å². The molecule has 1 nitrogen and oxygen atoms in total. The third-order valence-electron chi connectivity index (χ3n) is 2.11. The van der Waals surface area contributed by atoms with Crippen molar-refractivity contribution < 1.29 is 5.11 Å². The Kier molecular flexibility index (Phi) is 6.25. The SMILES string of the molecule is CCC(C)(O)CCCCCBr. The summed E-state index contributed by atoms with van der Waals surface area (Å²) in [5, 5.41) is 10.7. The Balaban J connectivity index is 3.23. The monoisotopic (exact) mass is 222 g/mol. The Morgan fingerprint density at radius 1 is 1.27 bits per heavy atom. The Morgan fingerprint density at radius 2 is 1.91 bits per heavy atom. The second kappa shape index (κ2) is 6.01. The van der Waals surface area contributed by atoms with E-state index in [1.54, 1.807) is 0 Å². The molecule has 0 aliphatic heterocycles. The van der Waals surface area contributed by atoms with Gasteiger partial charge < -0.3 is 5.11 Å². The molecule has 0 heterocycles. The lowest BCUT2D eigenvalue weighted by molar-refractivity contribution is 0.0444. The Hall–Kier alpha value is 0.440. The first-order valence-corrected chi connectivity index (χ1v) is 5.53. The fourth-order valence-electron chi connectivity index (χ4n) is 0.954. The molecule has 0 spiro atoms. The summed E-state index contributed by atoms with van der Waals surface area (Å²) in [5.41, 5.74) is -0.424. The molecule has 0 radical (unpaired) electrons. The van der Waals surface area contributed by atoms with E-state index in [1.807, 2.05) is 13.8 Å². The van der Waals surface area contributed by atoms with Gasteiger partial charge in [-0.15, -0.1) is 0 Å². The molecule has 0 saturated heterocycles. The second-order valence-electron chi connectivity index (χ2n) is 3.35. The molecular weight excluding hydrogens is 204 g/mol. The van der Waals surface area contributed by atoms with Crippen LogP contribution in [0.25, 0.3) is 0 Å². The molecule has 0 aromatic carbocycles. The molecule has 0 aliphatic carbocycles. The predicted molar refractivity (Wildman–Crippen MR) is 53.2 cm³/mol. The highest BCUT2D eigenvalue weighted by Crippen LogP contribution is 2.17. The molecular formula is C9H19BrO. The van der Waals surface area contributed by atoms with Crippen LogP contribution in [0.4, 0.5) is 0 Å². The summed E-state index contributed by atoms with van der Waals surface area (Å²) in [4.78, 5) is 0. The van der Waals surface area contributed by atoms with Crippen molar-refractivity contribution in [1.82, 2.24) is 0 Å². The van der Waals surface area contributed by atoms with Crippen molar-refractivity contribution in [3.8, 4) is 0 Å². The molecule has 0 amide bonds. The molecule has 1 unspecified atom stereocenters. The van der Waals surface area contributed by atoms with E-state index < -0.39 is 5.60 Å². The van der Waals surface area contributed by atoms with Crippen molar-refractivity contribution in [2.45, 2.75) is 51.6 Å². The van der Waals surface area contributed by atoms with Crippen LogP contribution < -0.4 is 0 Å². The van der Waals surface area contributed by atoms with Crippen LogP contribution in [0, 0.1) is 0 Å². The van der Waals surface area contributed by atoms with E-state index in [2.05, 4.69) is 15.9 Å². The summed E-state index contributed by atoms with van der Waals surface area (Å²) >= 11 is 3.38. The van der Waals surface area contributed by atoms with E-state index in [4.69, 9.17) is 0 Å². The number of rotatable bonds is 6. The summed E-state index contributed by atoms with van der Waals surface area (Å²) in [7, 11) is 0. The van der Waals surface area contributed by atoms with Gasteiger partial charge >= 0.3 is 0 Å². The largest absolute Gasteiger partial charge is 0.390 e. The first kappa shape index (κ1) is 11.4. The van der Waals surface area contributed by atoms with E-state index in [9.17, 15) is 5.11 Å². The van der Waals surface area contributed by atoms with Gasteiger partial charge in [0.25, 0.3) is 0 Å². The van der Waals surface area contributed by atoms with Gasteiger partial charge in [-0.3, -0.25) is 0 Å². The van der Waals surface area contributed by atoms with Crippen molar-refractivity contribution in [2.24, 2.45) is 0 Å². The summed E-state index contributed by atoms with van der Waals surface area (Å²) in [6.07, 6.45) is 5.39. The molecule has 1 atom stereocenters. The van der Waals surface area contributed by atoms with E-state index in [0.717, 1.165) is 24.6 Å². The molecule has 0 aromatic rings. The maximum Gasteiger partial charge on any atom is 0.0617 e. The summed E-state index contributed by atoms with van der Waals surface area (Å²) in [5.74, 6) is 0. The van der Waals surface area contributed by atoms with Gasteiger partial charge in [0.1, 0.15) is 0 Å².